The van der Waals surface area contributed by atoms with Crippen LogP contribution >= 0.6 is 0 Å². The van der Waals surface area contributed by atoms with Gasteiger partial charge in [0.05, 0.1) is 20.1 Å². The van der Waals surface area contributed by atoms with Crippen molar-refractivity contribution in [2.24, 2.45) is 5.92 Å². The molecule has 1 N–H and O–H groups in total. The SMILES string of the molecule is COC(=O)[C@@H](Cc1ccccc1)[C@@H](O)C(=O)OC. The molecule has 0 saturated heterocycles. The number of ether oxygens (including phenoxy) is 2. The number of esters is 2. The van der Waals surface area contributed by atoms with Gasteiger partial charge in [0.15, 0.2) is 6.10 Å². The van der Waals surface area contributed by atoms with E-state index in [-0.39, 0.29) is 6.42 Å². The highest BCUT2D eigenvalue weighted by atomic mass is 16.5. The maximum atomic E-state index is 11.6. The fourth-order valence-electron chi connectivity index (χ4n) is 1.63. The standard InChI is InChI=1S/C13H16O5/c1-17-12(15)10(11(14)13(16)18-2)8-9-6-4-3-5-7-9/h3-7,10-11,14H,8H2,1-2H3/t10-,11+/m0/s1. The molecule has 0 bridgehead atoms. The van der Waals surface area contributed by atoms with Gasteiger partial charge in [0.2, 0.25) is 0 Å². The number of benzene rings is 1. The van der Waals surface area contributed by atoms with Crippen molar-refractivity contribution >= 4 is 11.9 Å². The van der Waals surface area contributed by atoms with E-state index in [4.69, 9.17) is 0 Å². The van der Waals surface area contributed by atoms with Gasteiger partial charge in [-0.15, -0.1) is 0 Å². The molecule has 0 aliphatic heterocycles. The summed E-state index contributed by atoms with van der Waals surface area (Å²) < 4.78 is 9.02. The lowest BCUT2D eigenvalue weighted by molar-refractivity contribution is -0.163. The van der Waals surface area contributed by atoms with Crippen LogP contribution in [0.15, 0.2) is 30.3 Å². The topological polar surface area (TPSA) is 72.8 Å². The van der Waals surface area contributed by atoms with E-state index in [0.717, 1.165) is 12.7 Å². The van der Waals surface area contributed by atoms with Crippen LogP contribution in [0.1, 0.15) is 5.56 Å². The molecule has 0 unspecified atom stereocenters. The zero-order valence-electron chi connectivity index (χ0n) is 10.3. The van der Waals surface area contributed by atoms with E-state index in [1.165, 1.54) is 7.11 Å². The molecule has 0 spiro atoms. The monoisotopic (exact) mass is 252 g/mol. The first-order valence-corrected chi connectivity index (χ1v) is 5.47. The van der Waals surface area contributed by atoms with Gasteiger partial charge >= 0.3 is 11.9 Å². The molecule has 0 amide bonds. The van der Waals surface area contributed by atoms with Gasteiger partial charge in [0, 0.05) is 0 Å². The summed E-state index contributed by atoms with van der Waals surface area (Å²) in [6.07, 6.45) is -1.31. The Morgan fingerprint density at radius 3 is 2.17 bits per heavy atom. The lowest BCUT2D eigenvalue weighted by Gasteiger charge is -2.18. The Morgan fingerprint density at radius 1 is 1.11 bits per heavy atom. The van der Waals surface area contributed by atoms with Gasteiger partial charge in [0.25, 0.3) is 0 Å². The van der Waals surface area contributed by atoms with Crippen LogP contribution in [0.4, 0.5) is 0 Å². The van der Waals surface area contributed by atoms with Crippen molar-refractivity contribution in [3.63, 3.8) is 0 Å². The number of hydrogen-bond acceptors (Lipinski definition) is 5. The van der Waals surface area contributed by atoms with Crippen LogP contribution in [-0.4, -0.2) is 37.4 Å². The third-order valence-electron chi connectivity index (χ3n) is 2.63. The van der Waals surface area contributed by atoms with Crippen LogP contribution in [0, 0.1) is 5.92 Å². The molecule has 1 aromatic rings. The summed E-state index contributed by atoms with van der Waals surface area (Å²) in [5, 5.41) is 9.76. The number of carbonyl (C=O) groups excluding carboxylic acids is 2. The Morgan fingerprint density at radius 2 is 1.67 bits per heavy atom. The summed E-state index contributed by atoms with van der Waals surface area (Å²) in [5.74, 6) is -2.46. The minimum atomic E-state index is -1.53. The molecular weight excluding hydrogens is 236 g/mol. The highest BCUT2D eigenvalue weighted by Crippen LogP contribution is 2.15. The van der Waals surface area contributed by atoms with Crippen molar-refractivity contribution < 1.29 is 24.2 Å². The molecule has 1 aromatic carbocycles. The maximum Gasteiger partial charge on any atom is 0.335 e. The van der Waals surface area contributed by atoms with E-state index < -0.39 is 24.0 Å². The predicted octanol–water partition coefficient (Wildman–Crippen LogP) is 0.552. The quantitative estimate of drug-likeness (QED) is 0.775. The van der Waals surface area contributed by atoms with Crippen molar-refractivity contribution in [1.29, 1.82) is 0 Å². The second-order valence-electron chi connectivity index (χ2n) is 3.79. The Bertz CT molecular complexity index is 401. The minimum Gasteiger partial charge on any atom is -0.469 e. The Labute approximate surface area is 105 Å². The summed E-state index contributed by atoms with van der Waals surface area (Å²) >= 11 is 0. The highest BCUT2D eigenvalue weighted by Gasteiger charge is 2.33. The highest BCUT2D eigenvalue weighted by molar-refractivity contribution is 5.83. The van der Waals surface area contributed by atoms with Crippen molar-refractivity contribution in [1.82, 2.24) is 0 Å². The Kier molecular flexibility index (Phi) is 5.32. The van der Waals surface area contributed by atoms with E-state index in [1.54, 1.807) is 12.1 Å². The summed E-state index contributed by atoms with van der Waals surface area (Å²) in [7, 11) is 2.37. The van der Waals surface area contributed by atoms with Gasteiger partial charge in [-0.1, -0.05) is 30.3 Å². The summed E-state index contributed by atoms with van der Waals surface area (Å²) in [5.41, 5.74) is 0.829. The fraction of sp³-hybridized carbons (Fsp3) is 0.385. The third-order valence-corrected chi connectivity index (χ3v) is 2.63. The maximum absolute atomic E-state index is 11.6. The predicted molar refractivity (Wildman–Crippen MR) is 63.7 cm³/mol. The molecule has 0 aliphatic carbocycles. The number of hydrogen-bond donors (Lipinski definition) is 1. The molecule has 2 atom stereocenters. The molecule has 18 heavy (non-hydrogen) atoms. The van der Waals surface area contributed by atoms with Crippen molar-refractivity contribution in [2.45, 2.75) is 12.5 Å². The normalized spacial score (nSPS) is 13.5. The fourth-order valence-corrected chi connectivity index (χ4v) is 1.63. The average Bonchev–Trinajstić information content (AvgIpc) is 2.43. The van der Waals surface area contributed by atoms with Crippen LogP contribution in [0.5, 0.6) is 0 Å². The first-order chi connectivity index (χ1) is 8.60. The Balaban J connectivity index is 2.86. The Hall–Kier alpha value is -1.88. The third kappa shape index (κ3) is 3.56. The smallest absolute Gasteiger partial charge is 0.335 e. The van der Waals surface area contributed by atoms with Gasteiger partial charge in [-0.25, -0.2) is 4.79 Å². The molecule has 0 radical (unpaired) electrons. The lowest BCUT2D eigenvalue weighted by atomic mass is 9.94. The molecule has 5 nitrogen and oxygen atoms in total. The average molecular weight is 252 g/mol. The van der Waals surface area contributed by atoms with Crippen LogP contribution in [0.25, 0.3) is 0 Å². The number of aliphatic hydroxyl groups excluding tert-OH is 1. The summed E-state index contributed by atoms with van der Waals surface area (Å²) in [6, 6.07) is 9.08. The van der Waals surface area contributed by atoms with Crippen molar-refractivity contribution in [3.05, 3.63) is 35.9 Å². The number of rotatable bonds is 5. The second-order valence-corrected chi connectivity index (χ2v) is 3.79. The number of carbonyl (C=O) groups is 2. The number of methoxy groups -OCH3 is 2. The van der Waals surface area contributed by atoms with Crippen LogP contribution in [-0.2, 0) is 25.5 Å². The molecule has 0 heterocycles. The summed E-state index contributed by atoms with van der Waals surface area (Å²) in [6.45, 7) is 0. The van der Waals surface area contributed by atoms with Crippen molar-refractivity contribution in [3.8, 4) is 0 Å². The van der Waals surface area contributed by atoms with Gasteiger partial charge in [-0.3, -0.25) is 4.79 Å². The molecule has 0 saturated carbocycles. The van der Waals surface area contributed by atoms with Crippen molar-refractivity contribution in [2.75, 3.05) is 14.2 Å². The van der Waals surface area contributed by atoms with E-state index >= 15 is 0 Å². The van der Waals surface area contributed by atoms with E-state index in [1.807, 2.05) is 18.2 Å². The van der Waals surface area contributed by atoms with E-state index in [9.17, 15) is 14.7 Å². The van der Waals surface area contributed by atoms with Gasteiger partial charge in [-0.05, 0) is 12.0 Å². The molecule has 0 aliphatic rings. The molecule has 5 heteroatoms. The molecule has 0 aromatic heterocycles. The summed E-state index contributed by atoms with van der Waals surface area (Å²) in [4.78, 5) is 22.9. The second kappa shape index (κ2) is 6.76. The van der Waals surface area contributed by atoms with Gasteiger partial charge in [0.1, 0.15) is 0 Å². The first-order valence-electron chi connectivity index (χ1n) is 5.47. The van der Waals surface area contributed by atoms with Crippen LogP contribution in [0.3, 0.4) is 0 Å². The lowest BCUT2D eigenvalue weighted by Crippen LogP contribution is -2.37. The minimum absolute atomic E-state index is 0.212. The first kappa shape index (κ1) is 14.2. The van der Waals surface area contributed by atoms with Crippen LogP contribution in [0.2, 0.25) is 0 Å². The number of aliphatic hydroxyl groups is 1. The molecule has 0 fully saturated rings. The van der Waals surface area contributed by atoms with Gasteiger partial charge < -0.3 is 14.6 Å². The van der Waals surface area contributed by atoms with E-state index in [2.05, 4.69) is 9.47 Å². The molecule has 98 valence electrons. The zero-order chi connectivity index (χ0) is 13.5. The van der Waals surface area contributed by atoms with Crippen LogP contribution < -0.4 is 0 Å². The molecule has 1 rings (SSSR count). The van der Waals surface area contributed by atoms with Gasteiger partial charge in [-0.2, -0.15) is 0 Å². The largest absolute Gasteiger partial charge is 0.469 e. The molecular formula is C13H16O5. The zero-order valence-corrected chi connectivity index (χ0v) is 10.3. The van der Waals surface area contributed by atoms with E-state index in [0.29, 0.717) is 0 Å².